The lowest BCUT2D eigenvalue weighted by atomic mass is 10.1. The number of aliphatic imine (C=N–C) groups is 1. The van der Waals surface area contributed by atoms with Crippen LogP contribution in [0.2, 0.25) is 0 Å². The predicted octanol–water partition coefficient (Wildman–Crippen LogP) is 5.65. The van der Waals surface area contributed by atoms with Crippen molar-refractivity contribution in [3.05, 3.63) is 81.4 Å². The first-order valence-corrected chi connectivity index (χ1v) is 14.4. The quantitative estimate of drug-likeness (QED) is 0.231. The Bertz CT molecular complexity index is 1410. The molecule has 0 bridgehead atoms. The molecule has 0 saturated carbocycles. The number of hydrogen-bond donors (Lipinski definition) is 1. The fourth-order valence-corrected chi connectivity index (χ4v) is 5.37. The molecule has 1 aliphatic heterocycles. The average Bonchev–Trinajstić information content (AvgIpc) is 2.96. The lowest BCUT2D eigenvalue weighted by molar-refractivity contribution is -0.129. The van der Waals surface area contributed by atoms with Gasteiger partial charge in [0.2, 0.25) is 11.8 Å². The standard InChI is InChI=1S/C29H28IN3O6S/c1-4-39-28(36)19-6-10-22(11-7-19)32-29-33(17-18-5-14-23(37-2)24(15-18)38-3)26(34)16-25(40-29)27(35)31-21-12-8-20(30)9-13-21/h5-15,25H,4,16-17H2,1-3H3,(H,31,35). The molecule has 208 valence electrons. The summed E-state index contributed by atoms with van der Waals surface area (Å²) in [6.45, 7) is 2.24. The monoisotopic (exact) mass is 673 g/mol. The topological polar surface area (TPSA) is 107 Å². The van der Waals surface area contributed by atoms with Crippen LogP contribution in [-0.2, 0) is 20.9 Å². The van der Waals surface area contributed by atoms with Crippen LogP contribution in [0, 0.1) is 3.57 Å². The fraction of sp³-hybridized carbons (Fsp3) is 0.241. The number of esters is 1. The summed E-state index contributed by atoms with van der Waals surface area (Å²) >= 11 is 3.41. The third-order valence-corrected chi connectivity index (χ3v) is 7.84. The van der Waals surface area contributed by atoms with Crippen molar-refractivity contribution in [1.29, 1.82) is 0 Å². The van der Waals surface area contributed by atoms with Crippen LogP contribution >= 0.6 is 34.4 Å². The van der Waals surface area contributed by atoms with E-state index in [9.17, 15) is 14.4 Å². The first-order valence-electron chi connectivity index (χ1n) is 12.4. The van der Waals surface area contributed by atoms with Gasteiger partial charge in [-0.2, -0.15) is 0 Å². The number of carbonyl (C=O) groups excluding carboxylic acids is 3. The molecule has 0 radical (unpaired) electrons. The van der Waals surface area contributed by atoms with E-state index in [2.05, 4.69) is 27.9 Å². The van der Waals surface area contributed by atoms with Crippen LogP contribution in [0.25, 0.3) is 0 Å². The number of hydrogen-bond acceptors (Lipinski definition) is 8. The van der Waals surface area contributed by atoms with Crippen molar-refractivity contribution in [1.82, 2.24) is 4.90 Å². The zero-order valence-corrected chi connectivity index (χ0v) is 25.2. The predicted molar refractivity (Wildman–Crippen MR) is 163 cm³/mol. The van der Waals surface area contributed by atoms with E-state index < -0.39 is 11.2 Å². The highest BCUT2D eigenvalue weighted by molar-refractivity contribution is 14.1. The Morgan fingerprint density at radius 3 is 2.38 bits per heavy atom. The average molecular weight is 674 g/mol. The largest absolute Gasteiger partial charge is 0.493 e. The van der Waals surface area contributed by atoms with Crippen molar-refractivity contribution in [2.75, 3.05) is 26.1 Å². The Balaban J connectivity index is 1.62. The number of nitrogens with zero attached hydrogens (tertiary/aromatic N) is 2. The van der Waals surface area contributed by atoms with Gasteiger partial charge in [-0.25, -0.2) is 9.79 Å². The summed E-state index contributed by atoms with van der Waals surface area (Å²) < 4.78 is 16.8. The maximum absolute atomic E-state index is 13.4. The number of amides is 2. The lowest BCUT2D eigenvalue weighted by Crippen LogP contribution is -2.44. The second-order valence-electron chi connectivity index (χ2n) is 8.64. The molecule has 9 nitrogen and oxygen atoms in total. The molecule has 3 aromatic carbocycles. The molecule has 1 aliphatic rings. The highest BCUT2D eigenvalue weighted by Gasteiger charge is 2.36. The Labute approximate surface area is 250 Å². The fourth-order valence-electron chi connectivity index (χ4n) is 3.91. The van der Waals surface area contributed by atoms with E-state index in [0.29, 0.717) is 33.6 Å². The van der Waals surface area contributed by atoms with Crippen molar-refractivity contribution >= 4 is 68.7 Å². The third-order valence-electron chi connectivity index (χ3n) is 5.94. The highest BCUT2D eigenvalue weighted by atomic mass is 127. The van der Waals surface area contributed by atoms with E-state index >= 15 is 0 Å². The van der Waals surface area contributed by atoms with Crippen LogP contribution in [0.15, 0.2) is 71.7 Å². The number of carbonyl (C=O) groups is 3. The van der Waals surface area contributed by atoms with E-state index in [1.807, 2.05) is 30.3 Å². The van der Waals surface area contributed by atoms with Gasteiger partial charge in [0, 0.05) is 15.7 Å². The summed E-state index contributed by atoms with van der Waals surface area (Å²) in [7, 11) is 3.11. The summed E-state index contributed by atoms with van der Waals surface area (Å²) in [5.41, 5.74) is 2.38. The molecule has 1 unspecified atom stereocenters. The van der Waals surface area contributed by atoms with Gasteiger partial charge in [0.15, 0.2) is 16.7 Å². The number of halogens is 1. The smallest absolute Gasteiger partial charge is 0.338 e. The molecule has 1 atom stereocenters. The molecule has 11 heteroatoms. The van der Waals surface area contributed by atoms with E-state index in [1.54, 1.807) is 62.4 Å². The van der Waals surface area contributed by atoms with Gasteiger partial charge in [0.05, 0.1) is 38.6 Å². The Kier molecular flexibility index (Phi) is 10.0. The van der Waals surface area contributed by atoms with Crippen molar-refractivity contribution in [3.63, 3.8) is 0 Å². The second kappa shape index (κ2) is 13.7. The summed E-state index contributed by atoms with van der Waals surface area (Å²) in [5, 5.41) is 2.60. The minimum atomic E-state index is -0.675. The maximum Gasteiger partial charge on any atom is 0.338 e. The van der Waals surface area contributed by atoms with Crippen LogP contribution in [0.4, 0.5) is 11.4 Å². The molecule has 40 heavy (non-hydrogen) atoms. The minimum absolute atomic E-state index is 0.00890. The number of anilines is 1. The van der Waals surface area contributed by atoms with E-state index in [0.717, 1.165) is 9.13 Å². The SMILES string of the molecule is CCOC(=O)c1ccc(N=C2SC(C(=O)Nc3ccc(I)cc3)CC(=O)N2Cc2ccc(OC)c(OC)c2)cc1. The Morgan fingerprint density at radius 2 is 1.73 bits per heavy atom. The van der Waals surface area contributed by atoms with Crippen LogP contribution < -0.4 is 14.8 Å². The number of benzene rings is 3. The summed E-state index contributed by atoms with van der Waals surface area (Å²) in [5.74, 6) is 0.175. The third kappa shape index (κ3) is 7.33. The molecule has 0 aromatic heterocycles. The number of thioether (sulfide) groups is 1. The van der Waals surface area contributed by atoms with Crippen molar-refractivity contribution in [2.45, 2.75) is 25.1 Å². The first kappa shape index (κ1) is 29.4. The molecule has 0 spiro atoms. The zero-order valence-electron chi connectivity index (χ0n) is 22.2. The molecular formula is C29H28IN3O6S. The molecule has 0 aliphatic carbocycles. The van der Waals surface area contributed by atoms with Crippen LogP contribution in [0.1, 0.15) is 29.3 Å². The molecule has 2 amide bonds. The van der Waals surface area contributed by atoms with E-state index in [4.69, 9.17) is 19.2 Å². The maximum atomic E-state index is 13.4. The van der Waals surface area contributed by atoms with Gasteiger partial charge in [0.1, 0.15) is 5.25 Å². The van der Waals surface area contributed by atoms with Gasteiger partial charge in [-0.05, 0) is 95.7 Å². The van der Waals surface area contributed by atoms with Gasteiger partial charge in [-0.1, -0.05) is 17.8 Å². The van der Waals surface area contributed by atoms with Crippen molar-refractivity contribution in [2.24, 2.45) is 4.99 Å². The first-order chi connectivity index (χ1) is 19.3. The Morgan fingerprint density at radius 1 is 1.02 bits per heavy atom. The van der Waals surface area contributed by atoms with Crippen molar-refractivity contribution in [3.8, 4) is 11.5 Å². The number of methoxy groups -OCH3 is 2. The van der Waals surface area contributed by atoms with E-state index in [1.165, 1.54) is 11.8 Å². The molecular weight excluding hydrogens is 645 g/mol. The van der Waals surface area contributed by atoms with Gasteiger partial charge in [-0.15, -0.1) is 0 Å². The van der Waals surface area contributed by atoms with Gasteiger partial charge in [0.25, 0.3) is 0 Å². The summed E-state index contributed by atoms with van der Waals surface area (Å²) in [6, 6.07) is 19.4. The molecule has 1 heterocycles. The highest BCUT2D eigenvalue weighted by Crippen LogP contribution is 2.33. The van der Waals surface area contributed by atoms with Crippen LogP contribution in [0.5, 0.6) is 11.5 Å². The number of nitrogens with one attached hydrogen (secondary N) is 1. The molecule has 3 aromatic rings. The second-order valence-corrected chi connectivity index (χ2v) is 11.1. The van der Waals surface area contributed by atoms with Gasteiger partial charge in [-0.3, -0.25) is 14.5 Å². The minimum Gasteiger partial charge on any atom is -0.493 e. The lowest BCUT2D eigenvalue weighted by Gasteiger charge is -2.32. The molecule has 1 saturated heterocycles. The normalized spacial score (nSPS) is 16.0. The van der Waals surface area contributed by atoms with Gasteiger partial charge >= 0.3 is 5.97 Å². The molecule has 4 rings (SSSR count). The number of ether oxygens (including phenoxy) is 3. The zero-order chi connectivity index (χ0) is 28.6. The van der Waals surface area contributed by atoms with E-state index in [-0.39, 0.29) is 31.4 Å². The van der Waals surface area contributed by atoms with Crippen molar-refractivity contribution < 1.29 is 28.6 Å². The number of rotatable bonds is 9. The molecule has 1 N–H and O–H groups in total. The molecule has 1 fully saturated rings. The number of amidine groups is 1. The Hall–Kier alpha value is -3.58. The summed E-state index contributed by atoms with van der Waals surface area (Å²) in [4.78, 5) is 44.9. The summed E-state index contributed by atoms with van der Waals surface area (Å²) in [6.07, 6.45) is 0.00890. The van der Waals surface area contributed by atoms with Gasteiger partial charge < -0.3 is 19.5 Å². The van der Waals surface area contributed by atoms with Crippen LogP contribution in [-0.4, -0.2) is 53.9 Å². The van der Waals surface area contributed by atoms with Crippen LogP contribution in [0.3, 0.4) is 0 Å².